The fourth-order valence-electron chi connectivity index (χ4n) is 1.55. The number of hydrogen-bond donors (Lipinski definition) is 1. The molecule has 1 aromatic rings. The van der Waals surface area contributed by atoms with E-state index in [1.54, 1.807) is 0 Å². The van der Waals surface area contributed by atoms with Crippen molar-refractivity contribution in [2.24, 2.45) is 0 Å². The number of aliphatic hydroxyl groups is 1. The Labute approximate surface area is 91.9 Å². The Balaban J connectivity index is 2.97. The van der Waals surface area contributed by atoms with Gasteiger partial charge in [0.2, 0.25) is 0 Å². The van der Waals surface area contributed by atoms with Gasteiger partial charge < -0.3 is 14.0 Å². The lowest BCUT2D eigenvalue weighted by atomic mass is 10.4. The summed E-state index contributed by atoms with van der Waals surface area (Å²) in [7, 11) is -2.59. The van der Waals surface area contributed by atoms with Gasteiger partial charge in [-0.05, 0) is 19.0 Å². The van der Waals surface area contributed by atoms with Crippen molar-refractivity contribution >= 4 is 13.7 Å². The molecule has 0 fully saturated rings. The SMILES string of the molecule is CCO[Si](CO)(OCC)c1ccccc1. The lowest BCUT2D eigenvalue weighted by molar-refractivity contribution is 0.165. The summed E-state index contributed by atoms with van der Waals surface area (Å²) in [5.41, 5.74) is 0. The zero-order valence-electron chi connectivity index (χ0n) is 9.27. The van der Waals surface area contributed by atoms with Crippen molar-refractivity contribution in [1.29, 1.82) is 0 Å². The molecular formula is C11H18O3Si. The van der Waals surface area contributed by atoms with Crippen LogP contribution in [0.5, 0.6) is 0 Å². The van der Waals surface area contributed by atoms with E-state index in [4.69, 9.17) is 8.85 Å². The van der Waals surface area contributed by atoms with Gasteiger partial charge in [-0.15, -0.1) is 0 Å². The molecule has 3 nitrogen and oxygen atoms in total. The lowest BCUT2D eigenvalue weighted by Gasteiger charge is -2.28. The molecule has 84 valence electrons. The van der Waals surface area contributed by atoms with Crippen LogP contribution in [0, 0.1) is 0 Å². The van der Waals surface area contributed by atoms with Crippen LogP contribution in [-0.2, 0) is 8.85 Å². The molecule has 0 unspecified atom stereocenters. The van der Waals surface area contributed by atoms with Gasteiger partial charge in [-0.2, -0.15) is 0 Å². The van der Waals surface area contributed by atoms with Crippen LogP contribution in [0.15, 0.2) is 30.3 Å². The van der Waals surface area contributed by atoms with Crippen molar-refractivity contribution in [2.45, 2.75) is 13.8 Å². The smallest absolute Gasteiger partial charge is 0.394 e. The van der Waals surface area contributed by atoms with E-state index in [9.17, 15) is 5.11 Å². The van der Waals surface area contributed by atoms with Crippen molar-refractivity contribution in [3.05, 3.63) is 30.3 Å². The van der Waals surface area contributed by atoms with Crippen molar-refractivity contribution in [1.82, 2.24) is 0 Å². The van der Waals surface area contributed by atoms with Gasteiger partial charge in [0.25, 0.3) is 0 Å². The molecule has 0 amide bonds. The molecule has 1 N–H and O–H groups in total. The maximum atomic E-state index is 9.50. The van der Waals surface area contributed by atoms with E-state index in [0.717, 1.165) is 5.19 Å². The summed E-state index contributed by atoms with van der Waals surface area (Å²) in [5, 5.41) is 10.5. The van der Waals surface area contributed by atoms with Gasteiger partial charge in [-0.25, -0.2) is 0 Å². The average Bonchev–Trinajstić information content (AvgIpc) is 2.30. The molecule has 0 spiro atoms. The molecule has 0 atom stereocenters. The van der Waals surface area contributed by atoms with Crippen molar-refractivity contribution in [3.63, 3.8) is 0 Å². The average molecular weight is 226 g/mol. The highest BCUT2D eigenvalue weighted by atomic mass is 28.4. The third-order valence-electron chi connectivity index (χ3n) is 2.18. The summed E-state index contributed by atoms with van der Waals surface area (Å²) < 4.78 is 11.3. The van der Waals surface area contributed by atoms with Gasteiger partial charge in [0.1, 0.15) is 0 Å². The second-order valence-electron chi connectivity index (χ2n) is 3.14. The highest BCUT2D eigenvalue weighted by Gasteiger charge is 2.38. The first kappa shape index (κ1) is 12.4. The van der Waals surface area contributed by atoms with Crippen molar-refractivity contribution in [2.75, 3.05) is 19.4 Å². The fourth-order valence-corrected chi connectivity index (χ4v) is 3.96. The molecule has 4 heteroatoms. The van der Waals surface area contributed by atoms with E-state index < -0.39 is 8.56 Å². The van der Waals surface area contributed by atoms with E-state index in [-0.39, 0.29) is 6.23 Å². The molecule has 0 aliphatic heterocycles. The first-order valence-corrected chi connectivity index (χ1v) is 7.25. The Morgan fingerprint density at radius 2 is 1.60 bits per heavy atom. The number of rotatable bonds is 6. The molecule has 1 aromatic carbocycles. The minimum absolute atomic E-state index is 0.0430. The molecule has 0 saturated carbocycles. The molecule has 0 aliphatic carbocycles. The standard InChI is InChI=1S/C11H18O3Si/c1-3-13-15(10-12,14-4-2)11-8-6-5-7-9-11/h5-9,12H,3-4,10H2,1-2H3. The van der Waals surface area contributed by atoms with Gasteiger partial charge in [0.05, 0.1) is 6.23 Å². The van der Waals surface area contributed by atoms with E-state index in [0.29, 0.717) is 13.2 Å². The third kappa shape index (κ3) is 2.88. The second kappa shape index (κ2) is 6.02. The summed E-state index contributed by atoms with van der Waals surface area (Å²) in [4.78, 5) is 0. The topological polar surface area (TPSA) is 38.7 Å². The molecule has 0 aromatic heterocycles. The fraction of sp³-hybridized carbons (Fsp3) is 0.455. The van der Waals surface area contributed by atoms with E-state index in [1.165, 1.54) is 0 Å². The maximum absolute atomic E-state index is 9.50. The Hall–Kier alpha value is -0.683. The normalized spacial score (nSPS) is 11.7. The molecule has 0 aliphatic rings. The number of benzene rings is 1. The monoisotopic (exact) mass is 226 g/mol. The molecule has 0 saturated heterocycles. The van der Waals surface area contributed by atoms with Crippen LogP contribution in [0.2, 0.25) is 0 Å². The van der Waals surface area contributed by atoms with Crippen LogP contribution in [0.1, 0.15) is 13.8 Å². The highest BCUT2D eigenvalue weighted by molar-refractivity contribution is 6.81. The minimum atomic E-state index is -2.59. The number of aliphatic hydroxyl groups excluding tert-OH is 1. The summed E-state index contributed by atoms with van der Waals surface area (Å²) in [6, 6.07) is 9.72. The van der Waals surface area contributed by atoms with Crippen LogP contribution >= 0.6 is 0 Å². The second-order valence-corrected chi connectivity index (χ2v) is 6.12. The summed E-state index contributed by atoms with van der Waals surface area (Å²) in [6.45, 7) is 4.95. The van der Waals surface area contributed by atoms with Crippen LogP contribution in [0.25, 0.3) is 0 Å². The first-order chi connectivity index (χ1) is 7.29. The predicted octanol–water partition coefficient (Wildman–Crippen LogP) is 0.940. The van der Waals surface area contributed by atoms with Crippen LogP contribution < -0.4 is 5.19 Å². The van der Waals surface area contributed by atoms with Crippen molar-refractivity contribution < 1.29 is 14.0 Å². The van der Waals surface area contributed by atoms with Gasteiger partial charge in [-0.3, -0.25) is 0 Å². The lowest BCUT2D eigenvalue weighted by Crippen LogP contribution is -2.57. The van der Waals surface area contributed by atoms with E-state index in [1.807, 2.05) is 44.2 Å². The zero-order chi connectivity index (χ0) is 11.1. The Morgan fingerprint density at radius 3 is 2.00 bits per heavy atom. The molecule has 1 rings (SSSR count). The third-order valence-corrected chi connectivity index (χ3v) is 5.32. The van der Waals surface area contributed by atoms with Crippen LogP contribution in [-0.4, -0.2) is 33.1 Å². The summed E-state index contributed by atoms with van der Waals surface area (Å²) >= 11 is 0. The van der Waals surface area contributed by atoms with Crippen molar-refractivity contribution in [3.8, 4) is 0 Å². The van der Waals surface area contributed by atoms with Crippen LogP contribution in [0.4, 0.5) is 0 Å². The molecule has 0 radical (unpaired) electrons. The van der Waals surface area contributed by atoms with Gasteiger partial charge in [0.15, 0.2) is 0 Å². The van der Waals surface area contributed by atoms with Gasteiger partial charge in [0, 0.05) is 13.2 Å². The Morgan fingerprint density at radius 1 is 1.07 bits per heavy atom. The zero-order valence-corrected chi connectivity index (χ0v) is 10.3. The summed E-state index contributed by atoms with van der Waals surface area (Å²) in [5.74, 6) is 0. The largest absolute Gasteiger partial charge is 0.398 e. The van der Waals surface area contributed by atoms with Gasteiger partial charge >= 0.3 is 8.56 Å². The van der Waals surface area contributed by atoms with Gasteiger partial charge in [-0.1, -0.05) is 30.3 Å². The minimum Gasteiger partial charge on any atom is -0.394 e. The number of hydrogen-bond acceptors (Lipinski definition) is 3. The molecule has 0 heterocycles. The Kier molecular flexibility index (Phi) is 4.97. The van der Waals surface area contributed by atoms with E-state index >= 15 is 0 Å². The van der Waals surface area contributed by atoms with E-state index in [2.05, 4.69) is 0 Å². The first-order valence-electron chi connectivity index (χ1n) is 5.23. The molecule has 15 heavy (non-hydrogen) atoms. The highest BCUT2D eigenvalue weighted by Crippen LogP contribution is 2.07. The molecular weight excluding hydrogens is 208 g/mol. The van der Waals surface area contributed by atoms with Crippen LogP contribution in [0.3, 0.4) is 0 Å². The quantitative estimate of drug-likeness (QED) is 0.734. The maximum Gasteiger partial charge on any atom is 0.398 e. The summed E-state index contributed by atoms with van der Waals surface area (Å²) in [6.07, 6.45) is -0.0430. The molecule has 0 bridgehead atoms. The Bertz CT molecular complexity index is 270. The predicted molar refractivity (Wildman–Crippen MR) is 62.2 cm³/mol.